The largest absolute Gasteiger partial charge is 0.447 e. The van der Waals surface area contributed by atoms with Crippen LogP contribution in [0.15, 0.2) is 59.2 Å². The highest BCUT2D eigenvalue weighted by molar-refractivity contribution is 5.91. The molecule has 1 aliphatic rings. The number of piperazine rings is 1. The Morgan fingerprint density at radius 1 is 1.03 bits per heavy atom. The highest BCUT2D eigenvalue weighted by atomic mass is 19.1. The van der Waals surface area contributed by atoms with Crippen molar-refractivity contribution in [3.63, 3.8) is 0 Å². The van der Waals surface area contributed by atoms with Crippen molar-refractivity contribution in [2.45, 2.75) is 13.1 Å². The zero-order valence-corrected chi connectivity index (χ0v) is 16.4. The summed E-state index contributed by atoms with van der Waals surface area (Å²) in [5, 5.41) is 2.71. The Kier molecular flexibility index (Phi) is 6.04. The molecule has 0 aliphatic carbocycles. The summed E-state index contributed by atoms with van der Waals surface area (Å²) in [6.07, 6.45) is 1.34. The van der Waals surface area contributed by atoms with Crippen molar-refractivity contribution in [1.82, 2.24) is 15.2 Å². The van der Waals surface area contributed by atoms with Crippen LogP contribution in [0.2, 0.25) is 0 Å². The molecular formula is C22H22F2N4O2. The molecule has 0 unspecified atom stereocenters. The molecule has 0 radical (unpaired) electrons. The zero-order chi connectivity index (χ0) is 20.9. The maximum absolute atomic E-state index is 13.2. The minimum atomic E-state index is -0.365. The van der Waals surface area contributed by atoms with E-state index in [0.717, 1.165) is 31.9 Å². The Morgan fingerprint density at radius 2 is 1.80 bits per heavy atom. The fraction of sp³-hybridized carbons (Fsp3) is 0.273. The minimum absolute atomic E-state index is 0.200. The first-order chi connectivity index (χ1) is 14.6. The third kappa shape index (κ3) is 5.01. The second-order valence-corrected chi connectivity index (χ2v) is 7.18. The number of carbonyl (C=O) groups is 1. The Labute approximate surface area is 173 Å². The van der Waals surface area contributed by atoms with E-state index in [2.05, 4.69) is 20.1 Å². The first kappa shape index (κ1) is 20.0. The van der Waals surface area contributed by atoms with E-state index in [-0.39, 0.29) is 29.8 Å². The van der Waals surface area contributed by atoms with Crippen LogP contribution in [0.4, 0.5) is 14.5 Å². The molecule has 1 fully saturated rings. The summed E-state index contributed by atoms with van der Waals surface area (Å²) in [4.78, 5) is 20.9. The van der Waals surface area contributed by atoms with Crippen LogP contribution in [-0.2, 0) is 13.1 Å². The average molecular weight is 412 g/mol. The van der Waals surface area contributed by atoms with E-state index >= 15 is 0 Å². The Morgan fingerprint density at radius 3 is 2.53 bits per heavy atom. The number of aromatic nitrogens is 1. The lowest BCUT2D eigenvalue weighted by Gasteiger charge is -2.35. The van der Waals surface area contributed by atoms with Gasteiger partial charge in [-0.05, 0) is 42.0 Å². The van der Waals surface area contributed by atoms with Crippen LogP contribution in [0.25, 0.3) is 0 Å². The van der Waals surface area contributed by atoms with Crippen LogP contribution in [-0.4, -0.2) is 42.0 Å². The Hall–Kier alpha value is -3.26. The van der Waals surface area contributed by atoms with Gasteiger partial charge >= 0.3 is 0 Å². The van der Waals surface area contributed by atoms with Crippen LogP contribution in [0, 0.1) is 11.6 Å². The standard InChI is InChI=1S/C22H22F2N4O2/c23-17-4-6-19(7-5-17)28-10-8-27(9-11-28)14-21-26-20(15-30-21)22(29)25-13-16-2-1-3-18(24)12-16/h1-7,12,15H,8-11,13-14H2,(H,25,29). The lowest BCUT2D eigenvalue weighted by atomic mass is 10.2. The Bertz CT molecular complexity index is 998. The van der Waals surface area contributed by atoms with Crippen molar-refractivity contribution in [3.8, 4) is 0 Å². The van der Waals surface area contributed by atoms with Crippen LogP contribution < -0.4 is 10.2 Å². The van der Waals surface area contributed by atoms with Crippen molar-refractivity contribution in [2.75, 3.05) is 31.1 Å². The number of nitrogens with one attached hydrogen (secondary N) is 1. The van der Waals surface area contributed by atoms with Crippen LogP contribution >= 0.6 is 0 Å². The molecule has 1 saturated heterocycles. The Balaban J connectivity index is 1.26. The van der Waals surface area contributed by atoms with Gasteiger partial charge in [0, 0.05) is 38.4 Å². The van der Waals surface area contributed by atoms with Crippen molar-refractivity contribution in [3.05, 3.63) is 83.6 Å². The van der Waals surface area contributed by atoms with E-state index < -0.39 is 0 Å². The number of benzene rings is 2. The number of hydrogen-bond donors (Lipinski definition) is 1. The normalized spacial score (nSPS) is 14.7. The lowest BCUT2D eigenvalue weighted by Crippen LogP contribution is -2.46. The summed E-state index contributed by atoms with van der Waals surface area (Å²) in [7, 11) is 0. The summed E-state index contributed by atoms with van der Waals surface area (Å²) < 4.78 is 31.8. The number of hydrogen-bond acceptors (Lipinski definition) is 5. The van der Waals surface area contributed by atoms with E-state index in [4.69, 9.17) is 4.42 Å². The molecular weight excluding hydrogens is 390 g/mol. The van der Waals surface area contributed by atoms with Gasteiger partial charge < -0.3 is 14.6 Å². The molecule has 1 N–H and O–H groups in total. The third-order valence-corrected chi connectivity index (χ3v) is 5.05. The molecule has 0 atom stereocenters. The van der Waals surface area contributed by atoms with Gasteiger partial charge in [0.2, 0.25) is 5.89 Å². The number of anilines is 1. The monoisotopic (exact) mass is 412 g/mol. The van der Waals surface area contributed by atoms with Crippen LogP contribution in [0.5, 0.6) is 0 Å². The number of carbonyl (C=O) groups excluding carboxylic acids is 1. The van der Waals surface area contributed by atoms with Gasteiger partial charge in [-0.15, -0.1) is 0 Å². The average Bonchev–Trinajstić information content (AvgIpc) is 3.22. The molecule has 0 saturated carbocycles. The number of rotatable bonds is 6. The molecule has 8 heteroatoms. The number of amides is 1. The number of halogens is 2. The van der Waals surface area contributed by atoms with Gasteiger partial charge in [0.05, 0.1) is 6.54 Å². The van der Waals surface area contributed by atoms with Gasteiger partial charge in [-0.25, -0.2) is 13.8 Å². The molecule has 0 bridgehead atoms. The van der Waals surface area contributed by atoms with Crippen molar-refractivity contribution in [2.24, 2.45) is 0 Å². The second-order valence-electron chi connectivity index (χ2n) is 7.18. The molecule has 156 valence electrons. The first-order valence-corrected chi connectivity index (χ1v) is 9.77. The van der Waals surface area contributed by atoms with Gasteiger partial charge in [0.15, 0.2) is 5.69 Å². The molecule has 6 nitrogen and oxygen atoms in total. The minimum Gasteiger partial charge on any atom is -0.447 e. The molecule has 2 aromatic carbocycles. The van der Waals surface area contributed by atoms with Gasteiger partial charge in [0.1, 0.15) is 17.9 Å². The van der Waals surface area contributed by atoms with Crippen molar-refractivity contribution < 1.29 is 18.0 Å². The maximum Gasteiger partial charge on any atom is 0.273 e. The van der Waals surface area contributed by atoms with Gasteiger partial charge in [0.25, 0.3) is 5.91 Å². The van der Waals surface area contributed by atoms with Crippen molar-refractivity contribution in [1.29, 1.82) is 0 Å². The predicted molar refractivity (Wildman–Crippen MR) is 108 cm³/mol. The number of nitrogens with zero attached hydrogens (tertiary/aromatic N) is 3. The van der Waals surface area contributed by atoms with E-state index in [0.29, 0.717) is 18.0 Å². The van der Waals surface area contributed by atoms with E-state index in [1.807, 2.05) is 0 Å². The SMILES string of the molecule is O=C(NCc1cccc(F)c1)c1coc(CN2CCN(c3ccc(F)cc3)CC2)n1. The maximum atomic E-state index is 13.2. The quantitative estimate of drug-likeness (QED) is 0.674. The summed E-state index contributed by atoms with van der Waals surface area (Å²) in [5.74, 6) is -0.474. The smallest absolute Gasteiger partial charge is 0.273 e. The predicted octanol–water partition coefficient (Wildman–Crippen LogP) is 3.21. The topological polar surface area (TPSA) is 61.6 Å². The summed E-state index contributed by atoms with van der Waals surface area (Å²) >= 11 is 0. The second kappa shape index (κ2) is 9.04. The van der Waals surface area contributed by atoms with Crippen LogP contribution in [0.1, 0.15) is 21.9 Å². The van der Waals surface area contributed by atoms with E-state index in [9.17, 15) is 13.6 Å². The molecule has 0 spiro atoms. The molecule has 1 aliphatic heterocycles. The van der Waals surface area contributed by atoms with E-state index in [1.165, 1.54) is 30.5 Å². The molecule has 3 aromatic rings. The number of oxazole rings is 1. The third-order valence-electron chi connectivity index (χ3n) is 5.05. The lowest BCUT2D eigenvalue weighted by molar-refractivity contribution is 0.0945. The van der Waals surface area contributed by atoms with Crippen LogP contribution in [0.3, 0.4) is 0 Å². The fourth-order valence-electron chi connectivity index (χ4n) is 3.42. The summed E-state index contributed by atoms with van der Waals surface area (Å²) in [6, 6.07) is 12.6. The van der Waals surface area contributed by atoms with Gasteiger partial charge in [-0.1, -0.05) is 12.1 Å². The van der Waals surface area contributed by atoms with Crippen molar-refractivity contribution >= 4 is 11.6 Å². The van der Waals surface area contributed by atoms with E-state index in [1.54, 1.807) is 24.3 Å². The summed E-state index contributed by atoms with van der Waals surface area (Å²) in [6.45, 7) is 3.96. The fourth-order valence-corrected chi connectivity index (χ4v) is 3.42. The molecule has 1 aromatic heterocycles. The first-order valence-electron chi connectivity index (χ1n) is 9.77. The highest BCUT2D eigenvalue weighted by Gasteiger charge is 2.20. The molecule has 30 heavy (non-hydrogen) atoms. The molecule has 4 rings (SSSR count). The van der Waals surface area contributed by atoms with Gasteiger partial charge in [-0.3, -0.25) is 9.69 Å². The molecule has 1 amide bonds. The zero-order valence-electron chi connectivity index (χ0n) is 16.4. The highest BCUT2D eigenvalue weighted by Crippen LogP contribution is 2.18. The summed E-state index contributed by atoms with van der Waals surface area (Å²) in [5.41, 5.74) is 1.88. The molecule has 2 heterocycles. The van der Waals surface area contributed by atoms with Gasteiger partial charge in [-0.2, -0.15) is 0 Å².